The highest BCUT2D eigenvalue weighted by molar-refractivity contribution is 14.1. The Labute approximate surface area is 275 Å². The zero-order valence-electron chi connectivity index (χ0n) is 27.0. The number of halogens is 1. The number of allylic oxidation sites excluding steroid dienone is 4. The number of ether oxygens (including phenoxy) is 3. The van der Waals surface area contributed by atoms with Crippen molar-refractivity contribution in [2.24, 2.45) is 51.2 Å². The van der Waals surface area contributed by atoms with Gasteiger partial charge in [-0.1, -0.05) is 49.4 Å². The number of nitrogens with one attached hydrogen (secondary N) is 1. The molecule has 1 N–H and O–H groups in total. The van der Waals surface area contributed by atoms with Crippen LogP contribution >= 0.6 is 22.6 Å². The Kier molecular flexibility index (Phi) is 7.23. The van der Waals surface area contributed by atoms with E-state index in [1.807, 2.05) is 13.0 Å². The number of carbonyl (C=O) groups is 3. The minimum Gasteiger partial charge on any atom is -0.492 e. The van der Waals surface area contributed by atoms with Gasteiger partial charge in [0.15, 0.2) is 11.9 Å². The molecule has 1 amide bonds. The maximum atomic E-state index is 12.7. The van der Waals surface area contributed by atoms with Crippen molar-refractivity contribution in [2.75, 3.05) is 13.2 Å². The normalized spacial score (nSPS) is 49.4. The summed E-state index contributed by atoms with van der Waals surface area (Å²) in [6.07, 6.45) is 13.1. The van der Waals surface area contributed by atoms with Crippen molar-refractivity contribution in [3.05, 3.63) is 35.3 Å². The van der Waals surface area contributed by atoms with Crippen molar-refractivity contribution in [3.8, 4) is 0 Å². The smallest absolute Gasteiger partial charge is 0.302 e. The van der Waals surface area contributed by atoms with E-state index >= 15 is 0 Å². The molecule has 0 radical (unpaired) electrons. The molecular weight excluding hydrogens is 669 g/mol. The van der Waals surface area contributed by atoms with E-state index in [9.17, 15) is 14.4 Å². The molecule has 12 atom stereocenters. The van der Waals surface area contributed by atoms with Gasteiger partial charge in [0, 0.05) is 50.1 Å². The van der Waals surface area contributed by atoms with Crippen LogP contribution in [0.25, 0.3) is 0 Å². The topological polar surface area (TPSA) is 90.9 Å². The summed E-state index contributed by atoms with van der Waals surface area (Å²) < 4.78 is 19.6. The van der Waals surface area contributed by atoms with Crippen molar-refractivity contribution in [2.45, 2.75) is 103 Å². The number of carbonyl (C=O) groups excluding carboxylic acids is 3. The number of ketones is 1. The average molecular weight is 718 g/mol. The van der Waals surface area contributed by atoms with Gasteiger partial charge in [-0.3, -0.25) is 14.4 Å². The monoisotopic (exact) mass is 717 g/mol. The van der Waals surface area contributed by atoms with E-state index in [0.717, 1.165) is 55.6 Å². The molecule has 8 heteroatoms. The van der Waals surface area contributed by atoms with Crippen LogP contribution in [0.4, 0.5) is 0 Å². The molecule has 240 valence electrons. The van der Waals surface area contributed by atoms with Crippen LogP contribution in [0, 0.1) is 51.2 Å². The minimum atomic E-state index is -0.279. The summed E-state index contributed by atoms with van der Waals surface area (Å²) in [5, 5.41) is 2.99. The van der Waals surface area contributed by atoms with Crippen molar-refractivity contribution < 1.29 is 28.6 Å². The van der Waals surface area contributed by atoms with Gasteiger partial charge < -0.3 is 19.5 Å². The Balaban J connectivity index is 1.29. The molecule has 7 rings (SSSR count). The van der Waals surface area contributed by atoms with Gasteiger partial charge in [-0.05, 0) is 91.1 Å². The lowest BCUT2D eigenvalue weighted by Crippen LogP contribution is -2.55. The molecule has 0 unspecified atom stereocenters. The van der Waals surface area contributed by atoms with Crippen LogP contribution in [0.1, 0.15) is 86.5 Å². The maximum absolute atomic E-state index is 12.7. The van der Waals surface area contributed by atoms with Gasteiger partial charge in [0.1, 0.15) is 18.5 Å². The number of rotatable bonds is 5. The molecule has 5 aliphatic carbocycles. The standard InChI is InChI=1S/C36H48INO6/c1-7-22-14-23(32(44-22)31-24(16-38-20(3)39)26(37)17-42-31)30-28(43-21(4)40)15-34(6)29-9-8-25-19(2)27(41)10-11-35(25)18-36(29,35)13-12-33(30,34)5/h7,10-11,19,23,25-26,28-30,32H,8-9,12-18H2,1-6H3,(H,38,39)/t19-,23-,25-,26-,28-,29-,30-,32+,33+,34-,35+,36-/m0/s1. The lowest BCUT2D eigenvalue weighted by molar-refractivity contribution is -0.152. The molecule has 0 aromatic carbocycles. The number of alkyl halides is 1. The van der Waals surface area contributed by atoms with E-state index in [1.165, 1.54) is 6.42 Å². The highest BCUT2D eigenvalue weighted by Crippen LogP contribution is 2.87. The second kappa shape index (κ2) is 10.3. The molecule has 2 heterocycles. The zero-order chi connectivity index (χ0) is 31.4. The first-order chi connectivity index (χ1) is 20.8. The Morgan fingerprint density at radius 1 is 1.18 bits per heavy atom. The molecule has 7 nitrogen and oxygen atoms in total. The largest absolute Gasteiger partial charge is 0.492 e. The predicted octanol–water partition coefficient (Wildman–Crippen LogP) is 6.46. The van der Waals surface area contributed by atoms with E-state index in [0.29, 0.717) is 30.8 Å². The Morgan fingerprint density at radius 2 is 1.95 bits per heavy atom. The highest BCUT2D eigenvalue weighted by atomic mass is 127. The van der Waals surface area contributed by atoms with Crippen LogP contribution < -0.4 is 5.32 Å². The summed E-state index contributed by atoms with van der Waals surface area (Å²) in [6, 6.07) is 0. The summed E-state index contributed by atoms with van der Waals surface area (Å²) in [5.74, 6) is 3.12. The second-order valence-electron chi connectivity index (χ2n) is 15.6. The summed E-state index contributed by atoms with van der Waals surface area (Å²) in [6.45, 7) is 13.3. The van der Waals surface area contributed by atoms with Gasteiger partial charge in [0.25, 0.3) is 0 Å². The van der Waals surface area contributed by atoms with Crippen LogP contribution in [0.5, 0.6) is 0 Å². The first-order valence-electron chi connectivity index (χ1n) is 16.8. The first kappa shape index (κ1) is 30.8. The third-order valence-corrected chi connectivity index (χ3v) is 15.2. The molecule has 0 aromatic rings. The molecule has 2 aliphatic heterocycles. The molecule has 4 saturated carbocycles. The molecule has 1 saturated heterocycles. The van der Waals surface area contributed by atoms with Gasteiger partial charge in [0.2, 0.25) is 5.91 Å². The van der Waals surface area contributed by atoms with E-state index < -0.39 is 0 Å². The fourth-order valence-electron chi connectivity index (χ4n) is 12.1. The SMILES string of the molecule is CC=C1C[C@@H]([C@H]2[C@@H](OC(C)=O)C[C@@]3(C)[C@@H]4CC[C@H]5[C@H](C)C(=O)C=C[C@@]56C[C@@]46CC[C@]23C)[C@H](C2=C(CNC(C)=O)[C@@H](I)CO2)O1. The van der Waals surface area contributed by atoms with Crippen LogP contribution in [0.2, 0.25) is 0 Å². The van der Waals surface area contributed by atoms with Gasteiger partial charge in [-0.25, -0.2) is 0 Å². The Hall–Kier alpha value is -1.84. The van der Waals surface area contributed by atoms with Crippen molar-refractivity contribution in [1.82, 2.24) is 5.32 Å². The number of hydrogen-bond acceptors (Lipinski definition) is 6. The molecule has 44 heavy (non-hydrogen) atoms. The van der Waals surface area contributed by atoms with Crippen LogP contribution in [0.3, 0.4) is 0 Å². The lowest BCUT2D eigenvalue weighted by Gasteiger charge is -2.61. The van der Waals surface area contributed by atoms with Gasteiger partial charge in [-0.2, -0.15) is 0 Å². The van der Waals surface area contributed by atoms with E-state index in [2.05, 4.69) is 60.8 Å². The molecule has 5 fully saturated rings. The number of amides is 1. The number of fused-ring (bicyclic) bond motifs is 2. The summed E-state index contributed by atoms with van der Waals surface area (Å²) in [7, 11) is 0. The highest BCUT2D eigenvalue weighted by Gasteiger charge is 2.82. The summed E-state index contributed by atoms with van der Waals surface area (Å²) in [5.41, 5.74) is 1.41. The Morgan fingerprint density at radius 3 is 2.66 bits per heavy atom. The van der Waals surface area contributed by atoms with E-state index in [-0.39, 0.29) is 67.4 Å². The number of hydrogen-bond donors (Lipinski definition) is 1. The van der Waals surface area contributed by atoms with Crippen LogP contribution in [-0.2, 0) is 28.6 Å². The lowest BCUT2D eigenvalue weighted by atomic mass is 9.43. The van der Waals surface area contributed by atoms with Crippen molar-refractivity contribution >= 4 is 40.3 Å². The summed E-state index contributed by atoms with van der Waals surface area (Å²) >= 11 is 2.41. The Bertz CT molecular complexity index is 1390. The molecular formula is C36H48INO6. The third kappa shape index (κ3) is 4.06. The summed E-state index contributed by atoms with van der Waals surface area (Å²) in [4.78, 5) is 37.3. The van der Waals surface area contributed by atoms with Crippen LogP contribution in [-0.4, -0.2) is 46.9 Å². The number of esters is 1. The average Bonchev–Trinajstić information content (AvgIpc) is 3.14. The van der Waals surface area contributed by atoms with Gasteiger partial charge >= 0.3 is 5.97 Å². The second-order valence-corrected chi connectivity index (χ2v) is 17.1. The fourth-order valence-corrected chi connectivity index (χ4v) is 12.8. The molecule has 2 spiro atoms. The van der Waals surface area contributed by atoms with Gasteiger partial charge in [-0.15, -0.1) is 0 Å². The van der Waals surface area contributed by atoms with Crippen molar-refractivity contribution in [3.63, 3.8) is 0 Å². The molecule has 7 aliphatic rings. The van der Waals surface area contributed by atoms with E-state index in [4.69, 9.17) is 14.2 Å². The van der Waals surface area contributed by atoms with Gasteiger partial charge in [0.05, 0.1) is 9.68 Å². The van der Waals surface area contributed by atoms with Crippen molar-refractivity contribution in [1.29, 1.82) is 0 Å². The van der Waals surface area contributed by atoms with Crippen LogP contribution in [0.15, 0.2) is 35.3 Å². The minimum absolute atomic E-state index is 0.0119. The third-order valence-electron chi connectivity index (χ3n) is 14.1. The molecule has 0 bridgehead atoms. The first-order valence-corrected chi connectivity index (χ1v) is 18.0. The zero-order valence-corrected chi connectivity index (χ0v) is 29.2. The quantitative estimate of drug-likeness (QED) is 0.200. The van der Waals surface area contributed by atoms with E-state index in [1.54, 1.807) is 13.8 Å². The molecule has 0 aromatic heterocycles. The maximum Gasteiger partial charge on any atom is 0.302 e. The fraction of sp³-hybridized carbons (Fsp3) is 0.750. The predicted molar refractivity (Wildman–Crippen MR) is 174 cm³/mol.